The second kappa shape index (κ2) is 16.2. The second-order valence-electron chi connectivity index (χ2n) is 19.8. The van der Waals surface area contributed by atoms with Gasteiger partial charge in [-0.1, -0.05) is 146 Å². The SMILES string of the molecule is c1ccc(-n2c3ccccc3c3ccc4c5cc(-c6ccc7oc8cccc(-c9nc(-c%10ccc%11c(c%10)oc%10ccccc%10%11)nc(-c%10cccc%11sc%12ccccc%12c%10%11)n9)c8c7c6)ccc5n(-c5ccccc5)c4c32)cc1. The number of hydrogen-bond donors (Lipinski definition) is 0. The van der Waals surface area contributed by atoms with Crippen molar-refractivity contribution in [2.75, 3.05) is 0 Å². The van der Waals surface area contributed by atoms with Crippen LogP contribution < -0.4 is 0 Å². The lowest BCUT2D eigenvalue weighted by molar-refractivity contribution is 0.668. The zero-order chi connectivity index (χ0) is 50.3. The molecule has 77 heavy (non-hydrogen) atoms. The lowest BCUT2D eigenvalue weighted by atomic mass is 9.99. The number of para-hydroxylation sites is 4. The number of nitrogens with zero attached hydrogens (tertiary/aromatic N) is 5. The van der Waals surface area contributed by atoms with Gasteiger partial charge in [0.15, 0.2) is 17.5 Å². The average Bonchev–Trinajstić information content (AvgIpc) is 4.48. The summed E-state index contributed by atoms with van der Waals surface area (Å²) in [5.74, 6) is 1.71. The van der Waals surface area contributed by atoms with Crippen molar-refractivity contribution in [1.82, 2.24) is 24.1 Å². The molecule has 17 aromatic rings. The van der Waals surface area contributed by atoms with Gasteiger partial charge in [0.05, 0.1) is 22.1 Å². The molecule has 17 rings (SSSR count). The standard InChI is InChI=1S/C69H39N5O2S/c1-3-15-43(16-4-1)73-55-24-10-7-19-45(55)48-33-34-49-53-37-40(30-35-56(53)74(66(49)65(48)73)44-17-5-2-6-18-44)41-31-36-58-54(38-41)63-51(22-13-26-59(63)75-58)68-70-67(42-29-32-47-46-20-8-11-25-57(46)76-60(47)39-42)71-69(72-68)52-23-14-28-62-64(52)50-21-9-12-27-61(50)77-62/h1-39H. The minimum Gasteiger partial charge on any atom is -0.456 e. The Morgan fingerprint density at radius 3 is 1.60 bits per heavy atom. The Bertz CT molecular complexity index is 5290. The molecule has 0 fully saturated rings. The van der Waals surface area contributed by atoms with Crippen LogP contribution in [0.4, 0.5) is 0 Å². The molecule has 0 unspecified atom stereocenters. The van der Waals surface area contributed by atoms with Gasteiger partial charge < -0.3 is 18.0 Å². The number of benzene rings is 11. The fraction of sp³-hybridized carbons (Fsp3) is 0. The van der Waals surface area contributed by atoms with Crippen molar-refractivity contribution in [3.63, 3.8) is 0 Å². The fourth-order valence-corrected chi connectivity index (χ4v) is 13.3. The van der Waals surface area contributed by atoms with E-state index in [2.05, 4.69) is 215 Å². The molecular weight excluding hydrogens is 963 g/mol. The van der Waals surface area contributed by atoms with E-state index in [1.54, 1.807) is 11.3 Å². The highest BCUT2D eigenvalue weighted by Crippen LogP contribution is 2.45. The van der Waals surface area contributed by atoms with E-state index in [1.807, 2.05) is 30.3 Å². The predicted molar refractivity (Wildman–Crippen MR) is 318 cm³/mol. The van der Waals surface area contributed by atoms with Crippen LogP contribution in [0.15, 0.2) is 245 Å². The molecule has 6 heterocycles. The molecule has 0 aliphatic rings. The van der Waals surface area contributed by atoms with Crippen LogP contribution in [0.1, 0.15) is 0 Å². The summed E-state index contributed by atoms with van der Waals surface area (Å²) in [5, 5.41) is 11.1. The molecule has 11 aromatic carbocycles. The topological polar surface area (TPSA) is 74.8 Å². The zero-order valence-electron chi connectivity index (χ0n) is 41.0. The van der Waals surface area contributed by atoms with E-state index in [-0.39, 0.29) is 0 Å². The van der Waals surface area contributed by atoms with Gasteiger partial charge in [0.1, 0.15) is 22.3 Å². The quantitative estimate of drug-likeness (QED) is 0.166. The van der Waals surface area contributed by atoms with E-state index < -0.39 is 0 Å². The summed E-state index contributed by atoms with van der Waals surface area (Å²) in [4.78, 5) is 16.1. The maximum Gasteiger partial charge on any atom is 0.164 e. The molecule has 0 aliphatic carbocycles. The van der Waals surface area contributed by atoms with Crippen molar-refractivity contribution >= 4 is 119 Å². The average molecular weight is 1000 g/mol. The lowest BCUT2D eigenvalue weighted by Crippen LogP contribution is -2.00. The van der Waals surface area contributed by atoms with Gasteiger partial charge >= 0.3 is 0 Å². The molecule has 7 nitrogen and oxygen atoms in total. The minimum absolute atomic E-state index is 0.554. The van der Waals surface area contributed by atoms with Gasteiger partial charge in [0.25, 0.3) is 0 Å². The summed E-state index contributed by atoms with van der Waals surface area (Å²) in [5.41, 5.74) is 14.9. The first-order valence-corrected chi connectivity index (χ1v) is 26.6. The van der Waals surface area contributed by atoms with Crippen LogP contribution in [0.5, 0.6) is 0 Å². The van der Waals surface area contributed by atoms with E-state index in [0.29, 0.717) is 17.5 Å². The maximum atomic E-state index is 6.71. The number of furan rings is 2. The normalized spacial score (nSPS) is 12.2. The molecular formula is C69H39N5O2S. The van der Waals surface area contributed by atoms with Crippen molar-refractivity contribution in [3.8, 4) is 56.7 Å². The van der Waals surface area contributed by atoms with E-state index in [4.69, 9.17) is 23.8 Å². The summed E-state index contributed by atoms with van der Waals surface area (Å²) in [7, 11) is 0. The first kappa shape index (κ1) is 42.2. The van der Waals surface area contributed by atoms with Crippen LogP contribution >= 0.6 is 11.3 Å². The smallest absolute Gasteiger partial charge is 0.164 e. The van der Waals surface area contributed by atoms with Gasteiger partial charge in [-0.15, -0.1) is 11.3 Å². The molecule has 358 valence electrons. The number of thiophene rings is 1. The molecule has 0 bridgehead atoms. The first-order valence-electron chi connectivity index (χ1n) is 25.8. The van der Waals surface area contributed by atoms with E-state index >= 15 is 0 Å². The Hall–Kier alpha value is -10.2. The maximum absolute atomic E-state index is 6.71. The highest BCUT2D eigenvalue weighted by atomic mass is 32.1. The largest absolute Gasteiger partial charge is 0.456 e. The number of rotatable bonds is 6. The Labute approximate surface area is 442 Å². The van der Waals surface area contributed by atoms with Crippen LogP contribution in [0.25, 0.3) is 164 Å². The summed E-state index contributed by atoms with van der Waals surface area (Å²) in [6, 6.07) is 83.9. The van der Waals surface area contributed by atoms with Crippen molar-refractivity contribution in [3.05, 3.63) is 237 Å². The van der Waals surface area contributed by atoms with Crippen LogP contribution in [0.2, 0.25) is 0 Å². The van der Waals surface area contributed by atoms with Crippen molar-refractivity contribution in [2.24, 2.45) is 0 Å². The fourth-order valence-electron chi connectivity index (χ4n) is 12.2. The number of aromatic nitrogens is 5. The third-order valence-corrected chi connectivity index (χ3v) is 16.7. The molecule has 8 heteroatoms. The van der Waals surface area contributed by atoms with E-state index in [9.17, 15) is 0 Å². The highest BCUT2D eigenvalue weighted by Gasteiger charge is 2.24. The molecule has 0 amide bonds. The monoisotopic (exact) mass is 1000 g/mol. The van der Waals surface area contributed by atoms with Crippen molar-refractivity contribution < 1.29 is 8.83 Å². The molecule has 0 saturated heterocycles. The third kappa shape index (κ3) is 6.27. The molecule has 0 saturated carbocycles. The van der Waals surface area contributed by atoms with Gasteiger partial charge in [0, 0.05) is 91.3 Å². The molecule has 0 N–H and O–H groups in total. The molecule has 0 spiro atoms. The minimum atomic E-state index is 0.554. The number of hydrogen-bond acceptors (Lipinski definition) is 6. The van der Waals surface area contributed by atoms with E-state index in [0.717, 1.165) is 94.0 Å². The van der Waals surface area contributed by atoms with Gasteiger partial charge in [-0.05, 0) is 102 Å². The third-order valence-electron chi connectivity index (χ3n) is 15.6. The molecule has 6 aromatic heterocycles. The van der Waals surface area contributed by atoms with Gasteiger partial charge in [-0.2, -0.15) is 0 Å². The Morgan fingerprint density at radius 2 is 0.818 bits per heavy atom. The van der Waals surface area contributed by atoms with Gasteiger partial charge in [-0.25, -0.2) is 15.0 Å². The van der Waals surface area contributed by atoms with Crippen LogP contribution in [0.3, 0.4) is 0 Å². The molecule has 0 aliphatic heterocycles. The van der Waals surface area contributed by atoms with Crippen LogP contribution in [-0.4, -0.2) is 24.1 Å². The zero-order valence-corrected chi connectivity index (χ0v) is 41.8. The number of fused-ring (bicyclic) bond motifs is 16. The summed E-state index contributed by atoms with van der Waals surface area (Å²) in [6.07, 6.45) is 0. The summed E-state index contributed by atoms with van der Waals surface area (Å²) in [6.45, 7) is 0. The van der Waals surface area contributed by atoms with Gasteiger partial charge in [-0.3, -0.25) is 0 Å². The van der Waals surface area contributed by atoms with Crippen molar-refractivity contribution in [2.45, 2.75) is 0 Å². The lowest BCUT2D eigenvalue weighted by Gasteiger charge is -2.12. The Kier molecular flexibility index (Phi) is 8.87. The molecule has 0 radical (unpaired) electrons. The summed E-state index contributed by atoms with van der Waals surface area (Å²) < 4.78 is 20.4. The predicted octanol–water partition coefficient (Wildman–Crippen LogP) is 18.9. The van der Waals surface area contributed by atoms with Crippen molar-refractivity contribution in [1.29, 1.82) is 0 Å². The van der Waals surface area contributed by atoms with Gasteiger partial charge in [0.2, 0.25) is 0 Å². The van der Waals surface area contributed by atoms with Crippen LogP contribution in [0, 0.1) is 0 Å². The van der Waals surface area contributed by atoms with Crippen LogP contribution in [-0.2, 0) is 0 Å². The first-order chi connectivity index (χ1) is 38.2. The Morgan fingerprint density at radius 1 is 0.299 bits per heavy atom. The molecule has 0 atom stereocenters. The second-order valence-corrected chi connectivity index (χ2v) is 20.9. The summed E-state index contributed by atoms with van der Waals surface area (Å²) >= 11 is 1.78. The van der Waals surface area contributed by atoms with E-state index in [1.165, 1.54) is 52.9 Å². The Balaban J connectivity index is 0.876. The highest BCUT2D eigenvalue weighted by molar-refractivity contribution is 7.25.